The van der Waals surface area contributed by atoms with Gasteiger partial charge in [0.25, 0.3) is 0 Å². The fourth-order valence-corrected chi connectivity index (χ4v) is 2.68. The molecule has 1 fully saturated rings. The summed E-state index contributed by atoms with van der Waals surface area (Å²) in [6.07, 6.45) is -0.378. The first-order valence-corrected chi connectivity index (χ1v) is 7.77. The van der Waals surface area contributed by atoms with Crippen molar-refractivity contribution in [1.29, 1.82) is 10.5 Å². The zero-order chi connectivity index (χ0) is 17.1. The third-order valence-electron chi connectivity index (χ3n) is 3.89. The first-order chi connectivity index (χ1) is 11.6. The van der Waals surface area contributed by atoms with E-state index in [0.29, 0.717) is 48.3 Å². The van der Waals surface area contributed by atoms with Gasteiger partial charge in [-0.15, -0.1) is 10.2 Å². The highest BCUT2D eigenvalue weighted by Crippen LogP contribution is 2.30. The van der Waals surface area contributed by atoms with Crippen LogP contribution in [0.1, 0.15) is 48.8 Å². The van der Waals surface area contributed by atoms with Crippen molar-refractivity contribution in [2.75, 3.05) is 24.6 Å². The maximum absolute atomic E-state index is 9.36. The molecule has 1 aliphatic heterocycles. The van der Waals surface area contributed by atoms with E-state index in [4.69, 9.17) is 9.15 Å². The van der Waals surface area contributed by atoms with E-state index in [2.05, 4.69) is 22.3 Å². The molecule has 7 heteroatoms. The lowest BCUT2D eigenvalue weighted by molar-refractivity contribution is 0.0213. The molecule has 0 bridgehead atoms. The molecule has 1 unspecified atom stereocenters. The third kappa shape index (κ3) is 2.94. The Labute approximate surface area is 140 Å². The van der Waals surface area contributed by atoms with E-state index in [-0.39, 0.29) is 12.0 Å². The minimum absolute atomic E-state index is 0.149. The molecule has 0 saturated carbocycles. The van der Waals surface area contributed by atoms with Gasteiger partial charge in [-0.1, -0.05) is 19.9 Å². The third-order valence-corrected chi connectivity index (χ3v) is 3.89. The van der Waals surface area contributed by atoms with Crippen molar-refractivity contribution in [1.82, 2.24) is 10.2 Å². The molecular weight excluding hydrogens is 306 g/mol. The lowest BCUT2D eigenvalue weighted by Crippen LogP contribution is -2.39. The van der Waals surface area contributed by atoms with Crippen molar-refractivity contribution in [3.63, 3.8) is 0 Å². The van der Waals surface area contributed by atoms with Crippen molar-refractivity contribution in [2.24, 2.45) is 0 Å². The number of aromatic nitrogens is 2. The van der Waals surface area contributed by atoms with Crippen LogP contribution < -0.4 is 4.90 Å². The second-order valence-corrected chi connectivity index (χ2v) is 5.86. The Balaban J connectivity index is 1.89. The Morgan fingerprint density at radius 1 is 1.21 bits per heavy atom. The maximum atomic E-state index is 9.36. The number of hydrogen-bond acceptors (Lipinski definition) is 7. The Kier molecular flexibility index (Phi) is 4.45. The quantitative estimate of drug-likeness (QED) is 0.855. The predicted molar refractivity (Wildman–Crippen MR) is 85.2 cm³/mol. The molecule has 2 aromatic rings. The van der Waals surface area contributed by atoms with Crippen LogP contribution in [0.15, 0.2) is 22.6 Å². The molecule has 24 heavy (non-hydrogen) atoms. The molecule has 7 nitrogen and oxygen atoms in total. The Morgan fingerprint density at radius 2 is 1.92 bits per heavy atom. The van der Waals surface area contributed by atoms with Gasteiger partial charge in [-0.3, -0.25) is 0 Å². The molecule has 1 saturated heterocycles. The van der Waals surface area contributed by atoms with Crippen LogP contribution >= 0.6 is 0 Å². The summed E-state index contributed by atoms with van der Waals surface area (Å²) in [7, 11) is 0. The summed E-state index contributed by atoms with van der Waals surface area (Å²) in [5.74, 6) is 1.15. The number of ether oxygens (including phenoxy) is 1. The van der Waals surface area contributed by atoms with Crippen LogP contribution in [0, 0.1) is 22.7 Å². The Morgan fingerprint density at radius 3 is 2.50 bits per heavy atom. The number of para-hydroxylation sites is 1. The van der Waals surface area contributed by atoms with Crippen LogP contribution in [0.4, 0.5) is 5.69 Å². The molecule has 0 N–H and O–H groups in total. The second-order valence-electron chi connectivity index (χ2n) is 5.86. The summed E-state index contributed by atoms with van der Waals surface area (Å²) in [4.78, 5) is 1.98. The molecule has 1 aromatic heterocycles. The first-order valence-electron chi connectivity index (χ1n) is 7.77. The average Bonchev–Trinajstić information content (AvgIpc) is 3.11. The van der Waals surface area contributed by atoms with Crippen LogP contribution in [0.3, 0.4) is 0 Å². The molecule has 0 aliphatic carbocycles. The lowest BCUT2D eigenvalue weighted by Gasteiger charge is -2.33. The molecule has 0 amide bonds. The number of hydrogen-bond donors (Lipinski definition) is 0. The summed E-state index contributed by atoms with van der Waals surface area (Å²) >= 11 is 0. The first kappa shape index (κ1) is 16.0. The minimum Gasteiger partial charge on any atom is -0.422 e. The van der Waals surface area contributed by atoms with Crippen molar-refractivity contribution in [3.8, 4) is 12.1 Å². The maximum Gasteiger partial charge on any atom is 0.247 e. The van der Waals surface area contributed by atoms with Gasteiger partial charge in [0, 0.05) is 12.5 Å². The standard InChI is InChI=1S/C17H17N5O2/c1-11(2)16-20-21-17(24-16)14-10-22(6-7-23-14)15-12(8-18)4-3-5-13(15)9-19/h3-5,11,14H,6-7,10H2,1-2H3. The largest absolute Gasteiger partial charge is 0.422 e. The molecule has 1 aromatic carbocycles. The van der Waals surface area contributed by atoms with Crippen LogP contribution in [0.2, 0.25) is 0 Å². The number of anilines is 1. The van der Waals surface area contributed by atoms with Gasteiger partial charge in [0.15, 0.2) is 6.10 Å². The molecule has 122 valence electrons. The smallest absolute Gasteiger partial charge is 0.247 e. The fraction of sp³-hybridized carbons (Fsp3) is 0.412. The molecule has 1 aliphatic rings. The number of benzene rings is 1. The summed E-state index contributed by atoms with van der Waals surface area (Å²) in [5.41, 5.74) is 1.59. The molecule has 0 radical (unpaired) electrons. The van der Waals surface area contributed by atoms with Gasteiger partial charge in [0.05, 0.1) is 30.0 Å². The van der Waals surface area contributed by atoms with Crippen molar-refractivity contribution >= 4 is 5.69 Å². The number of nitriles is 2. The van der Waals surface area contributed by atoms with Crippen LogP contribution in [-0.4, -0.2) is 29.9 Å². The molecule has 2 heterocycles. The topological polar surface area (TPSA) is 99.0 Å². The average molecular weight is 323 g/mol. The summed E-state index contributed by atoms with van der Waals surface area (Å²) in [5, 5.41) is 26.8. The van der Waals surface area contributed by atoms with E-state index >= 15 is 0 Å². The number of nitrogens with zero attached hydrogens (tertiary/aromatic N) is 5. The van der Waals surface area contributed by atoms with Gasteiger partial charge in [-0.05, 0) is 12.1 Å². The summed E-state index contributed by atoms with van der Waals surface area (Å²) in [6, 6.07) is 9.45. The van der Waals surface area contributed by atoms with Gasteiger partial charge in [-0.25, -0.2) is 0 Å². The predicted octanol–water partition coefficient (Wildman–Crippen LogP) is 2.51. The van der Waals surface area contributed by atoms with E-state index in [9.17, 15) is 10.5 Å². The Hall–Kier alpha value is -2.90. The Bertz CT molecular complexity index is 783. The number of rotatable bonds is 3. The van der Waals surface area contributed by atoms with E-state index in [1.165, 1.54) is 0 Å². The zero-order valence-electron chi connectivity index (χ0n) is 13.6. The highest BCUT2D eigenvalue weighted by molar-refractivity contribution is 5.68. The molecule has 0 spiro atoms. The lowest BCUT2D eigenvalue weighted by atomic mass is 10.1. The van der Waals surface area contributed by atoms with Crippen molar-refractivity contribution in [2.45, 2.75) is 25.9 Å². The highest BCUT2D eigenvalue weighted by Gasteiger charge is 2.29. The van der Waals surface area contributed by atoms with Gasteiger partial charge in [-0.2, -0.15) is 10.5 Å². The highest BCUT2D eigenvalue weighted by atomic mass is 16.5. The van der Waals surface area contributed by atoms with E-state index in [1.54, 1.807) is 18.2 Å². The fourth-order valence-electron chi connectivity index (χ4n) is 2.68. The van der Waals surface area contributed by atoms with E-state index < -0.39 is 0 Å². The van der Waals surface area contributed by atoms with Crippen molar-refractivity contribution < 1.29 is 9.15 Å². The van der Waals surface area contributed by atoms with E-state index in [0.717, 1.165) is 0 Å². The van der Waals surface area contributed by atoms with Crippen LogP contribution in [-0.2, 0) is 4.74 Å². The van der Waals surface area contributed by atoms with Crippen LogP contribution in [0.25, 0.3) is 0 Å². The SMILES string of the molecule is CC(C)c1nnc(C2CN(c3c(C#N)cccc3C#N)CCO2)o1. The zero-order valence-corrected chi connectivity index (χ0v) is 13.6. The van der Waals surface area contributed by atoms with Crippen LogP contribution in [0.5, 0.6) is 0 Å². The normalized spacial score (nSPS) is 17.5. The van der Waals surface area contributed by atoms with Gasteiger partial charge >= 0.3 is 0 Å². The second kappa shape index (κ2) is 6.69. The number of morpholine rings is 1. The summed E-state index contributed by atoms with van der Waals surface area (Å²) in [6.45, 7) is 5.46. The van der Waals surface area contributed by atoms with Crippen molar-refractivity contribution in [3.05, 3.63) is 41.1 Å². The van der Waals surface area contributed by atoms with Gasteiger partial charge < -0.3 is 14.1 Å². The van der Waals surface area contributed by atoms with E-state index in [1.807, 2.05) is 18.7 Å². The molecular formula is C17H17N5O2. The molecule has 1 atom stereocenters. The molecule has 3 rings (SSSR count). The van der Waals surface area contributed by atoms with Gasteiger partial charge in [0.1, 0.15) is 12.1 Å². The van der Waals surface area contributed by atoms with Gasteiger partial charge in [0.2, 0.25) is 11.8 Å². The summed E-state index contributed by atoms with van der Waals surface area (Å²) < 4.78 is 11.4. The monoisotopic (exact) mass is 323 g/mol. The minimum atomic E-state index is -0.378.